The molecular formula is C22H31N5O3. The summed E-state index contributed by atoms with van der Waals surface area (Å²) in [6.07, 6.45) is 2.19. The Hall–Kier alpha value is -2.48. The molecule has 30 heavy (non-hydrogen) atoms. The highest BCUT2D eigenvalue weighted by atomic mass is 16.5. The van der Waals surface area contributed by atoms with E-state index in [1.54, 1.807) is 0 Å². The fourth-order valence-corrected chi connectivity index (χ4v) is 4.60. The van der Waals surface area contributed by atoms with Gasteiger partial charge in [-0.2, -0.15) is 0 Å². The molecule has 4 rings (SSSR count). The molecule has 1 spiro atoms. The number of tetrazole rings is 1. The summed E-state index contributed by atoms with van der Waals surface area (Å²) in [7, 11) is 0. The predicted octanol–water partition coefficient (Wildman–Crippen LogP) is 3.10. The van der Waals surface area contributed by atoms with Crippen LogP contribution in [-0.2, 0) is 21.6 Å². The van der Waals surface area contributed by atoms with Crippen LogP contribution in [0.3, 0.4) is 0 Å². The van der Waals surface area contributed by atoms with Gasteiger partial charge in [0, 0.05) is 18.8 Å². The highest BCUT2D eigenvalue weighted by Gasteiger charge is 2.54. The lowest BCUT2D eigenvalue weighted by Crippen LogP contribution is -2.39. The topological polar surface area (TPSA) is 82.4 Å². The maximum absolute atomic E-state index is 13.8. The second kappa shape index (κ2) is 7.98. The summed E-state index contributed by atoms with van der Waals surface area (Å²) in [6.45, 7) is 10.5. The zero-order valence-electron chi connectivity index (χ0n) is 18.3. The number of benzene rings is 1. The van der Waals surface area contributed by atoms with Gasteiger partial charge in [0.05, 0.1) is 30.1 Å². The third kappa shape index (κ3) is 3.69. The van der Waals surface area contributed by atoms with Gasteiger partial charge in [0.2, 0.25) is 5.91 Å². The van der Waals surface area contributed by atoms with Crippen molar-refractivity contribution in [2.24, 2.45) is 5.41 Å². The molecule has 162 valence electrons. The first-order valence-corrected chi connectivity index (χ1v) is 10.7. The van der Waals surface area contributed by atoms with Crippen molar-refractivity contribution in [1.82, 2.24) is 25.1 Å². The Balaban J connectivity index is 1.73. The van der Waals surface area contributed by atoms with Gasteiger partial charge in [-0.05, 0) is 63.5 Å². The van der Waals surface area contributed by atoms with Crippen molar-refractivity contribution in [3.63, 3.8) is 0 Å². The molecule has 1 amide bonds. The molecule has 2 aliphatic heterocycles. The monoisotopic (exact) mass is 413 g/mol. The standard InChI is InChI=1S/C22H31N5O3/c1-5-30-18-9-7-6-8-16(18)15-26-17(19-23-24-25-27(19)21(2,3)4)14-22(20(26)28)10-12-29-13-11-22/h6-9,17H,5,10-15H2,1-4H3. The van der Waals surface area contributed by atoms with Crippen LogP contribution in [0.2, 0.25) is 0 Å². The number of para-hydroxylation sites is 1. The number of hydrogen-bond donors (Lipinski definition) is 0. The fraction of sp³-hybridized carbons (Fsp3) is 0.636. The van der Waals surface area contributed by atoms with Crippen molar-refractivity contribution in [1.29, 1.82) is 0 Å². The van der Waals surface area contributed by atoms with E-state index in [4.69, 9.17) is 9.47 Å². The van der Waals surface area contributed by atoms with Crippen LogP contribution < -0.4 is 4.74 Å². The Labute approximate surface area is 177 Å². The molecule has 2 saturated heterocycles. The molecule has 0 N–H and O–H groups in total. The van der Waals surface area contributed by atoms with Gasteiger partial charge in [0.25, 0.3) is 0 Å². The average Bonchev–Trinajstić information content (AvgIpc) is 3.30. The van der Waals surface area contributed by atoms with Crippen LogP contribution in [0.4, 0.5) is 0 Å². The molecule has 2 fully saturated rings. The molecule has 1 unspecified atom stereocenters. The van der Waals surface area contributed by atoms with Gasteiger partial charge in [-0.25, -0.2) is 4.68 Å². The van der Waals surface area contributed by atoms with Crippen molar-refractivity contribution in [2.75, 3.05) is 19.8 Å². The van der Waals surface area contributed by atoms with Crippen LogP contribution in [0.1, 0.15) is 64.4 Å². The normalized spacial score (nSPS) is 21.4. The number of hydrogen-bond acceptors (Lipinski definition) is 6. The maximum Gasteiger partial charge on any atom is 0.229 e. The lowest BCUT2D eigenvalue weighted by Gasteiger charge is -2.31. The summed E-state index contributed by atoms with van der Waals surface area (Å²) < 4.78 is 13.2. The van der Waals surface area contributed by atoms with E-state index >= 15 is 0 Å². The molecule has 2 aliphatic rings. The van der Waals surface area contributed by atoms with Gasteiger partial charge in [-0.3, -0.25) is 4.79 Å². The average molecular weight is 414 g/mol. The fourth-order valence-electron chi connectivity index (χ4n) is 4.60. The third-order valence-electron chi connectivity index (χ3n) is 6.16. The quantitative estimate of drug-likeness (QED) is 0.749. The lowest BCUT2D eigenvalue weighted by atomic mass is 9.77. The van der Waals surface area contributed by atoms with E-state index in [0.717, 1.165) is 30.0 Å². The van der Waals surface area contributed by atoms with Crippen molar-refractivity contribution >= 4 is 5.91 Å². The lowest BCUT2D eigenvalue weighted by molar-refractivity contribution is -0.141. The van der Waals surface area contributed by atoms with Crippen LogP contribution in [0.5, 0.6) is 5.75 Å². The number of carbonyl (C=O) groups excluding carboxylic acids is 1. The second-order valence-corrected chi connectivity index (χ2v) is 9.21. The predicted molar refractivity (Wildman–Crippen MR) is 111 cm³/mol. The Morgan fingerprint density at radius 1 is 1.23 bits per heavy atom. The minimum absolute atomic E-state index is 0.172. The van der Waals surface area contributed by atoms with Gasteiger partial charge in [0.1, 0.15) is 5.75 Å². The summed E-state index contributed by atoms with van der Waals surface area (Å²) in [5, 5.41) is 12.6. The van der Waals surface area contributed by atoms with Gasteiger partial charge in [-0.15, -0.1) is 5.10 Å². The first kappa shape index (κ1) is 20.8. The van der Waals surface area contributed by atoms with Crippen LogP contribution in [0.15, 0.2) is 24.3 Å². The zero-order valence-corrected chi connectivity index (χ0v) is 18.3. The highest BCUT2D eigenvalue weighted by molar-refractivity contribution is 5.85. The molecule has 0 radical (unpaired) electrons. The summed E-state index contributed by atoms with van der Waals surface area (Å²) in [5.74, 6) is 1.73. The zero-order chi connectivity index (χ0) is 21.4. The van der Waals surface area contributed by atoms with Gasteiger partial charge in [-0.1, -0.05) is 18.2 Å². The summed E-state index contributed by atoms with van der Waals surface area (Å²) in [5.41, 5.74) is 0.317. The molecule has 1 atom stereocenters. The van der Waals surface area contributed by atoms with E-state index in [2.05, 4.69) is 36.3 Å². The largest absolute Gasteiger partial charge is 0.494 e. The number of amides is 1. The number of aromatic nitrogens is 4. The Morgan fingerprint density at radius 3 is 2.67 bits per heavy atom. The maximum atomic E-state index is 13.8. The summed E-state index contributed by atoms with van der Waals surface area (Å²) >= 11 is 0. The van der Waals surface area contributed by atoms with Crippen molar-refractivity contribution in [3.8, 4) is 5.75 Å². The van der Waals surface area contributed by atoms with E-state index in [-0.39, 0.29) is 17.5 Å². The van der Waals surface area contributed by atoms with Crippen molar-refractivity contribution in [3.05, 3.63) is 35.7 Å². The van der Waals surface area contributed by atoms with Crippen LogP contribution in [0.25, 0.3) is 0 Å². The van der Waals surface area contributed by atoms with E-state index in [9.17, 15) is 4.79 Å². The number of ether oxygens (including phenoxy) is 2. The second-order valence-electron chi connectivity index (χ2n) is 9.21. The van der Waals surface area contributed by atoms with Crippen molar-refractivity contribution in [2.45, 2.75) is 65.1 Å². The van der Waals surface area contributed by atoms with E-state index < -0.39 is 5.41 Å². The van der Waals surface area contributed by atoms with Crippen LogP contribution in [-0.4, -0.2) is 50.8 Å². The molecule has 8 heteroatoms. The summed E-state index contributed by atoms with van der Waals surface area (Å²) in [6, 6.07) is 7.74. The van der Waals surface area contributed by atoms with Gasteiger partial charge < -0.3 is 14.4 Å². The number of rotatable bonds is 5. The van der Waals surface area contributed by atoms with Crippen molar-refractivity contribution < 1.29 is 14.3 Å². The van der Waals surface area contributed by atoms with Gasteiger partial charge >= 0.3 is 0 Å². The minimum atomic E-state index is -0.405. The Kier molecular flexibility index (Phi) is 5.53. The molecular weight excluding hydrogens is 382 g/mol. The van der Waals surface area contributed by atoms with Crippen LogP contribution in [0, 0.1) is 5.41 Å². The first-order valence-electron chi connectivity index (χ1n) is 10.7. The van der Waals surface area contributed by atoms with Gasteiger partial charge in [0.15, 0.2) is 5.82 Å². The van der Waals surface area contributed by atoms with Crippen LogP contribution >= 0.6 is 0 Å². The molecule has 0 bridgehead atoms. The molecule has 1 aromatic carbocycles. The molecule has 3 heterocycles. The number of likely N-dealkylation sites (tertiary alicyclic amines) is 1. The smallest absolute Gasteiger partial charge is 0.229 e. The minimum Gasteiger partial charge on any atom is -0.494 e. The third-order valence-corrected chi connectivity index (χ3v) is 6.16. The van der Waals surface area contributed by atoms with E-state index in [0.29, 0.717) is 32.8 Å². The molecule has 0 saturated carbocycles. The van der Waals surface area contributed by atoms with E-state index in [1.165, 1.54) is 0 Å². The highest BCUT2D eigenvalue weighted by Crippen LogP contribution is 2.50. The number of nitrogens with zero attached hydrogens (tertiary/aromatic N) is 5. The SMILES string of the molecule is CCOc1ccccc1CN1C(=O)C2(CCOCC2)CC1c1nnnn1C(C)(C)C. The number of carbonyl (C=O) groups is 1. The molecule has 8 nitrogen and oxygen atoms in total. The summed E-state index contributed by atoms with van der Waals surface area (Å²) in [4.78, 5) is 15.7. The first-order chi connectivity index (χ1) is 14.4. The molecule has 1 aromatic heterocycles. The molecule has 0 aliphatic carbocycles. The Morgan fingerprint density at radius 2 is 1.97 bits per heavy atom. The molecule has 2 aromatic rings. The van der Waals surface area contributed by atoms with E-state index in [1.807, 2.05) is 40.8 Å². The Bertz CT molecular complexity index is 898.